The number of ether oxygens (including phenoxy) is 1. The van der Waals surface area contributed by atoms with Crippen LogP contribution in [-0.2, 0) is 14.3 Å². The molecule has 0 aromatic rings. The SMILES string of the molecule is CCOC(=O)[C@@H]1[C@H](C)[C@H]1[C@H](N)C(=O)O. The highest BCUT2D eigenvalue weighted by atomic mass is 16.5. The van der Waals surface area contributed by atoms with Crippen LogP contribution in [0.25, 0.3) is 0 Å². The summed E-state index contributed by atoms with van der Waals surface area (Å²) in [6, 6.07) is -0.959. The number of hydrogen-bond acceptors (Lipinski definition) is 4. The van der Waals surface area contributed by atoms with Crippen molar-refractivity contribution in [1.29, 1.82) is 0 Å². The second-order valence-electron chi connectivity index (χ2n) is 3.58. The standard InChI is InChI=1S/C9H15NO4/c1-3-14-9(13)6-4(2)5(6)7(10)8(11)12/h4-7H,3,10H2,1-2H3,(H,11,12)/t4-,5-,6-,7+/m1/s1. The Balaban J connectivity index is 2.53. The summed E-state index contributed by atoms with van der Waals surface area (Å²) in [5.74, 6) is -1.98. The van der Waals surface area contributed by atoms with Gasteiger partial charge in [0.15, 0.2) is 0 Å². The molecule has 0 unspecified atom stereocenters. The third kappa shape index (κ3) is 1.87. The molecule has 1 aliphatic carbocycles. The van der Waals surface area contributed by atoms with Crippen molar-refractivity contribution in [2.75, 3.05) is 6.61 Å². The zero-order valence-corrected chi connectivity index (χ0v) is 8.27. The number of rotatable bonds is 4. The van der Waals surface area contributed by atoms with Crippen LogP contribution < -0.4 is 5.73 Å². The highest BCUT2D eigenvalue weighted by molar-refractivity contribution is 5.81. The zero-order chi connectivity index (χ0) is 10.9. The lowest BCUT2D eigenvalue weighted by Crippen LogP contribution is -2.34. The minimum absolute atomic E-state index is 0.0140. The van der Waals surface area contributed by atoms with Gasteiger partial charge in [0.2, 0.25) is 0 Å². The summed E-state index contributed by atoms with van der Waals surface area (Å²) in [5.41, 5.74) is 5.43. The number of hydrogen-bond donors (Lipinski definition) is 2. The summed E-state index contributed by atoms with van der Waals surface area (Å²) >= 11 is 0. The second-order valence-corrected chi connectivity index (χ2v) is 3.58. The molecule has 0 bridgehead atoms. The van der Waals surface area contributed by atoms with Crippen LogP contribution in [0.5, 0.6) is 0 Å². The van der Waals surface area contributed by atoms with E-state index in [4.69, 9.17) is 15.6 Å². The third-order valence-electron chi connectivity index (χ3n) is 2.71. The molecule has 1 fully saturated rings. The van der Waals surface area contributed by atoms with Crippen LogP contribution in [0.15, 0.2) is 0 Å². The molecular weight excluding hydrogens is 186 g/mol. The molecule has 3 N–H and O–H groups in total. The largest absolute Gasteiger partial charge is 0.480 e. The van der Waals surface area contributed by atoms with Gasteiger partial charge in [-0.25, -0.2) is 0 Å². The molecule has 0 spiro atoms. The Morgan fingerprint density at radius 2 is 2.14 bits per heavy atom. The summed E-state index contributed by atoms with van der Waals surface area (Å²) in [5, 5.41) is 8.66. The average molecular weight is 201 g/mol. The van der Waals surface area contributed by atoms with E-state index in [0.29, 0.717) is 6.61 Å². The fraction of sp³-hybridized carbons (Fsp3) is 0.778. The highest BCUT2D eigenvalue weighted by Crippen LogP contribution is 2.48. The molecule has 1 saturated carbocycles. The molecule has 0 aromatic carbocycles. The van der Waals surface area contributed by atoms with Gasteiger partial charge in [-0.2, -0.15) is 0 Å². The number of esters is 1. The van der Waals surface area contributed by atoms with Gasteiger partial charge in [-0.15, -0.1) is 0 Å². The van der Waals surface area contributed by atoms with Crippen molar-refractivity contribution in [3.05, 3.63) is 0 Å². The number of nitrogens with two attached hydrogens (primary N) is 1. The van der Waals surface area contributed by atoms with E-state index in [1.807, 2.05) is 6.92 Å². The molecule has 0 saturated heterocycles. The highest BCUT2D eigenvalue weighted by Gasteiger charge is 2.57. The van der Waals surface area contributed by atoms with Crippen molar-refractivity contribution in [1.82, 2.24) is 0 Å². The first-order valence-corrected chi connectivity index (χ1v) is 4.65. The van der Waals surface area contributed by atoms with E-state index in [2.05, 4.69) is 0 Å². The van der Waals surface area contributed by atoms with Crippen molar-refractivity contribution in [3.63, 3.8) is 0 Å². The van der Waals surface area contributed by atoms with Crippen LogP contribution in [0.4, 0.5) is 0 Å². The Morgan fingerprint density at radius 1 is 1.57 bits per heavy atom. The van der Waals surface area contributed by atoms with Crippen LogP contribution >= 0.6 is 0 Å². The minimum atomic E-state index is -1.06. The molecule has 0 radical (unpaired) electrons. The van der Waals surface area contributed by atoms with E-state index in [9.17, 15) is 9.59 Å². The van der Waals surface area contributed by atoms with Crippen molar-refractivity contribution in [2.24, 2.45) is 23.5 Å². The molecule has 0 amide bonds. The molecule has 4 atom stereocenters. The maximum absolute atomic E-state index is 11.3. The lowest BCUT2D eigenvalue weighted by Gasteiger charge is -2.04. The molecule has 14 heavy (non-hydrogen) atoms. The predicted octanol–water partition coefficient (Wildman–Crippen LogP) is -0.156. The summed E-state index contributed by atoms with van der Waals surface area (Å²) < 4.78 is 4.81. The van der Waals surface area contributed by atoms with E-state index in [-0.39, 0.29) is 23.7 Å². The van der Waals surface area contributed by atoms with Crippen LogP contribution in [0, 0.1) is 17.8 Å². The van der Waals surface area contributed by atoms with Gasteiger partial charge in [-0.05, 0) is 12.8 Å². The van der Waals surface area contributed by atoms with Crippen molar-refractivity contribution >= 4 is 11.9 Å². The summed E-state index contributed by atoms with van der Waals surface area (Å²) in [6.07, 6.45) is 0. The normalized spacial score (nSPS) is 32.1. The lowest BCUT2D eigenvalue weighted by molar-refractivity contribution is -0.145. The van der Waals surface area contributed by atoms with Crippen LogP contribution in [0.3, 0.4) is 0 Å². The maximum Gasteiger partial charge on any atom is 0.320 e. The van der Waals surface area contributed by atoms with Crippen LogP contribution in [0.1, 0.15) is 13.8 Å². The fourth-order valence-corrected chi connectivity index (χ4v) is 1.82. The van der Waals surface area contributed by atoms with Crippen LogP contribution in [-0.4, -0.2) is 29.7 Å². The van der Waals surface area contributed by atoms with Crippen molar-refractivity contribution < 1.29 is 19.4 Å². The molecule has 1 aliphatic rings. The molecule has 5 heteroatoms. The third-order valence-corrected chi connectivity index (χ3v) is 2.71. The van der Waals surface area contributed by atoms with Gasteiger partial charge >= 0.3 is 11.9 Å². The Kier molecular flexibility index (Phi) is 3.10. The zero-order valence-electron chi connectivity index (χ0n) is 8.27. The van der Waals surface area contributed by atoms with E-state index >= 15 is 0 Å². The van der Waals surface area contributed by atoms with Gasteiger partial charge in [0.1, 0.15) is 6.04 Å². The van der Waals surface area contributed by atoms with E-state index in [1.165, 1.54) is 0 Å². The summed E-state index contributed by atoms with van der Waals surface area (Å²) in [4.78, 5) is 21.9. The first-order valence-electron chi connectivity index (χ1n) is 4.65. The minimum Gasteiger partial charge on any atom is -0.480 e. The number of carboxylic acid groups (broad SMARTS) is 1. The van der Waals surface area contributed by atoms with E-state index < -0.39 is 12.0 Å². The van der Waals surface area contributed by atoms with Crippen molar-refractivity contribution in [3.8, 4) is 0 Å². The smallest absolute Gasteiger partial charge is 0.320 e. The Labute approximate surface area is 82.2 Å². The maximum atomic E-state index is 11.3. The average Bonchev–Trinajstić information content (AvgIpc) is 2.76. The summed E-state index contributed by atoms with van der Waals surface area (Å²) in [7, 11) is 0. The van der Waals surface area contributed by atoms with Crippen LogP contribution in [0.2, 0.25) is 0 Å². The number of carbonyl (C=O) groups excluding carboxylic acids is 1. The topological polar surface area (TPSA) is 89.6 Å². The number of carboxylic acids is 1. The van der Waals surface area contributed by atoms with Gasteiger partial charge < -0.3 is 15.6 Å². The molecule has 0 aliphatic heterocycles. The molecule has 0 aromatic heterocycles. The number of aliphatic carboxylic acids is 1. The van der Waals surface area contributed by atoms with Gasteiger partial charge in [-0.1, -0.05) is 6.92 Å². The van der Waals surface area contributed by atoms with E-state index in [0.717, 1.165) is 0 Å². The van der Waals surface area contributed by atoms with Crippen molar-refractivity contribution in [2.45, 2.75) is 19.9 Å². The Morgan fingerprint density at radius 3 is 2.57 bits per heavy atom. The van der Waals surface area contributed by atoms with Gasteiger partial charge in [0, 0.05) is 5.92 Å². The first kappa shape index (κ1) is 11.0. The second kappa shape index (κ2) is 3.96. The van der Waals surface area contributed by atoms with E-state index in [1.54, 1.807) is 6.92 Å². The molecule has 1 rings (SSSR count). The molecule has 0 heterocycles. The Hall–Kier alpha value is -1.10. The fourth-order valence-electron chi connectivity index (χ4n) is 1.82. The monoisotopic (exact) mass is 201 g/mol. The Bertz CT molecular complexity index is 253. The van der Waals surface area contributed by atoms with Gasteiger partial charge in [0.25, 0.3) is 0 Å². The quantitative estimate of drug-likeness (QED) is 0.617. The summed E-state index contributed by atoms with van der Waals surface area (Å²) in [6.45, 7) is 3.85. The number of carbonyl (C=O) groups is 2. The lowest BCUT2D eigenvalue weighted by atomic mass is 10.1. The van der Waals surface area contributed by atoms with Gasteiger partial charge in [-0.3, -0.25) is 9.59 Å². The first-order chi connectivity index (χ1) is 6.50. The van der Waals surface area contributed by atoms with Gasteiger partial charge in [0.05, 0.1) is 12.5 Å². The molecule has 5 nitrogen and oxygen atoms in total. The molecular formula is C9H15NO4. The predicted molar refractivity (Wildman–Crippen MR) is 48.4 cm³/mol. The molecule has 80 valence electrons.